The second-order valence-electron chi connectivity index (χ2n) is 3.59. The van der Waals surface area contributed by atoms with E-state index in [0.29, 0.717) is 0 Å². The lowest BCUT2D eigenvalue weighted by Crippen LogP contribution is -2.41. The number of hydrogen-bond acceptors (Lipinski definition) is 2. The topological polar surface area (TPSA) is 26.3 Å². The summed E-state index contributed by atoms with van der Waals surface area (Å²) in [5.41, 5.74) is -0.242. The minimum absolute atomic E-state index is 0.0880. The van der Waals surface area contributed by atoms with Crippen LogP contribution in [0.5, 0.6) is 0 Å². The number of nitrogens with zero attached hydrogens (tertiary/aromatic N) is 1. The third-order valence-corrected chi connectivity index (χ3v) is 1.13. The quantitative estimate of drug-likeness (QED) is 0.507. The zero-order valence-electron chi connectivity index (χ0n) is 6.93. The maximum Gasteiger partial charge on any atom is 0.000606 e. The third-order valence-electron chi connectivity index (χ3n) is 1.13. The van der Waals surface area contributed by atoms with E-state index in [1.807, 2.05) is 34.6 Å². The van der Waals surface area contributed by atoms with Gasteiger partial charge in [0.2, 0.25) is 0 Å². The highest BCUT2D eigenvalue weighted by Gasteiger charge is 2.13. The van der Waals surface area contributed by atoms with Crippen molar-refractivity contribution in [3.05, 3.63) is 5.21 Å². The van der Waals surface area contributed by atoms with Crippen LogP contribution in [0.4, 0.5) is 0 Å². The monoisotopic (exact) mass is 130 g/mol. The molecule has 0 aromatic heterocycles. The fraction of sp³-hybridized carbons (Fsp3) is 1.00. The minimum Gasteiger partial charge on any atom is -0.785 e. The lowest BCUT2D eigenvalue weighted by Gasteiger charge is -2.44. The Bertz CT molecular complexity index is 83.4. The Morgan fingerprint density at radius 3 is 1.56 bits per heavy atom. The first-order valence-electron chi connectivity index (χ1n) is 3.32. The molecule has 0 atom stereocenters. The van der Waals surface area contributed by atoms with Crippen LogP contribution in [-0.2, 0) is 0 Å². The molecule has 0 rings (SSSR count). The van der Waals surface area contributed by atoms with Gasteiger partial charge in [0.05, 0.1) is 0 Å². The summed E-state index contributed by atoms with van der Waals surface area (Å²) in [5.74, 6) is 0. The van der Waals surface area contributed by atoms with Crippen molar-refractivity contribution in [2.75, 3.05) is 0 Å². The van der Waals surface area contributed by atoms with Crippen molar-refractivity contribution in [2.24, 2.45) is 0 Å². The van der Waals surface area contributed by atoms with Crippen LogP contribution in [0.2, 0.25) is 0 Å². The molecule has 0 saturated carbocycles. The summed E-state index contributed by atoms with van der Waals surface area (Å²) in [4.78, 5) is 0. The molecule has 0 spiro atoms. The van der Waals surface area contributed by atoms with Crippen LogP contribution in [0.1, 0.15) is 34.6 Å². The molecule has 0 heterocycles. The second-order valence-corrected chi connectivity index (χ2v) is 3.59. The smallest absolute Gasteiger partial charge is 0.000606 e. The van der Waals surface area contributed by atoms with E-state index in [1.54, 1.807) is 0 Å². The predicted molar refractivity (Wildman–Crippen MR) is 40.1 cm³/mol. The summed E-state index contributed by atoms with van der Waals surface area (Å²) >= 11 is 0. The maximum absolute atomic E-state index is 11.1. The highest BCUT2D eigenvalue weighted by Crippen LogP contribution is 2.13. The van der Waals surface area contributed by atoms with E-state index in [9.17, 15) is 5.21 Å². The van der Waals surface area contributed by atoms with E-state index in [2.05, 4.69) is 0 Å². The van der Waals surface area contributed by atoms with Crippen molar-refractivity contribution in [3.8, 4) is 0 Å². The zero-order chi connectivity index (χ0) is 7.65. The van der Waals surface area contributed by atoms with E-state index >= 15 is 0 Å². The molecule has 0 aliphatic rings. The van der Waals surface area contributed by atoms with Crippen molar-refractivity contribution < 1.29 is 0 Å². The maximum atomic E-state index is 11.1. The van der Waals surface area contributed by atoms with Gasteiger partial charge in [0.1, 0.15) is 0 Å². The summed E-state index contributed by atoms with van der Waals surface area (Å²) in [7, 11) is 0. The lowest BCUT2D eigenvalue weighted by molar-refractivity contribution is 0.165. The Morgan fingerprint density at radius 1 is 1.22 bits per heavy atom. The van der Waals surface area contributed by atoms with Gasteiger partial charge in [-0.15, -0.1) is 0 Å². The Balaban J connectivity index is 3.88. The molecule has 0 aliphatic carbocycles. The molecule has 0 unspecified atom stereocenters. The van der Waals surface area contributed by atoms with Gasteiger partial charge in [-0.3, -0.25) is 0 Å². The molecule has 0 aromatic carbocycles. The molecule has 2 heteroatoms. The van der Waals surface area contributed by atoms with Crippen molar-refractivity contribution in [1.29, 1.82) is 0 Å². The van der Waals surface area contributed by atoms with E-state index in [0.717, 1.165) is 5.06 Å². The van der Waals surface area contributed by atoms with Crippen molar-refractivity contribution in [2.45, 2.75) is 46.2 Å². The van der Waals surface area contributed by atoms with Gasteiger partial charge < -0.3 is 10.3 Å². The van der Waals surface area contributed by atoms with E-state index < -0.39 is 0 Å². The Labute approximate surface area is 57.4 Å². The normalized spacial score (nSPS) is 13.3. The number of hydrogen-bond donors (Lipinski definition) is 0. The number of rotatable bonds is 1. The molecule has 0 N–H and O–H groups in total. The van der Waals surface area contributed by atoms with E-state index in [-0.39, 0.29) is 11.6 Å². The molecule has 9 heavy (non-hydrogen) atoms. The van der Waals surface area contributed by atoms with Crippen molar-refractivity contribution in [3.63, 3.8) is 0 Å². The molecule has 2 nitrogen and oxygen atoms in total. The standard InChI is InChI=1S/C7H16NO/c1-6(2)8(9)7(3,4)5/h6H,1-5H3/q-1. The minimum atomic E-state index is -0.242. The molecule has 0 saturated heterocycles. The molecule has 56 valence electrons. The molecule has 0 bridgehead atoms. The Hall–Kier alpha value is -0.0800. The first kappa shape index (κ1) is 8.92. The second kappa shape index (κ2) is 2.67. The fourth-order valence-electron chi connectivity index (χ4n) is 0.775. The molecular weight excluding hydrogens is 114 g/mol. The van der Waals surface area contributed by atoms with Gasteiger partial charge in [-0.1, -0.05) is 13.8 Å². The van der Waals surface area contributed by atoms with Gasteiger partial charge in [0, 0.05) is 5.54 Å². The Morgan fingerprint density at radius 2 is 1.56 bits per heavy atom. The van der Waals surface area contributed by atoms with E-state index in [4.69, 9.17) is 0 Å². The molecule has 0 amide bonds. The molecule has 0 fully saturated rings. The van der Waals surface area contributed by atoms with Gasteiger partial charge >= 0.3 is 0 Å². The average Bonchev–Trinajstić information content (AvgIpc) is 1.62. The molecular formula is C7H16NO-. The highest BCUT2D eigenvalue weighted by molar-refractivity contribution is 4.78. The van der Waals surface area contributed by atoms with Gasteiger partial charge in [-0.05, 0) is 26.8 Å². The molecule has 0 aromatic rings. The average molecular weight is 130 g/mol. The summed E-state index contributed by atoms with van der Waals surface area (Å²) in [6.07, 6.45) is 0. The van der Waals surface area contributed by atoms with Crippen LogP contribution < -0.4 is 0 Å². The van der Waals surface area contributed by atoms with Crippen LogP contribution in [0.3, 0.4) is 0 Å². The SMILES string of the molecule is CC(C)N([O-])C(C)(C)C. The van der Waals surface area contributed by atoms with Crippen LogP contribution in [-0.4, -0.2) is 16.6 Å². The van der Waals surface area contributed by atoms with Gasteiger partial charge in [-0.25, -0.2) is 0 Å². The van der Waals surface area contributed by atoms with Crippen LogP contribution >= 0.6 is 0 Å². The summed E-state index contributed by atoms with van der Waals surface area (Å²) in [6, 6.07) is 0.0880. The summed E-state index contributed by atoms with van der Waals surface area (Å²) < 4.78 is 0. The van der Waals surface area contributed by atoms with Gasteiger partial charge in [0.15, 0.2) is 0 Å². The van der Waals surface area contributed by atoms with E-state index in [1.165, 1.54) is 0 Å². The number of hydroxylamine groups is 2. The van der Waals surface area contributed by atoms with Crippen LogP contribution in [0.15, 0.2) is 0 Å². The van der Waals surface area contributed by atoms with Crippen LogP contribution in [0.25, 0.3) is 0 Å². The van der Waals surface area contributed by atoms with Gasteiger partial charge in [-0.2, -0.15) is 0 Å². The lowest BCUT2D eigenvalue weighted by atomic mass is 10.1. The first-order valence-corrected chi connectivity index (χ1v) is 3.32. The highest BCUT2D eigenvalue weighted by atomic mass is 16.5. The van der Waals surface area contributed by atoms with Gasteiger partial charge in [0.25, 0.3) is 0 Å². The molecule has 0 aliphatic heterocycles. The van der Waals surface area contributed by atoms with Crippen LogP contribution in [0, 0.1) is 5.21 Å². The van der Waals surface area contributed by atoms with Crippen molar-refractivity contribution in [1.82, 2.24) is 5.06 Å². The molecule has 0 radical (unpaired) electrons. The summed E-state index contributed by atoms with van der Waals surface area (Å²) in [5, 5.41) is 12.2. The first-order chi connectivity index (χ1) is 3.85. The predicted octanol–water partition coefficient (Wildman–Crippen LogP) is 1.99. The Kier molecular flexibility index (Phi) is 2.65. The third kappa shape index (κ3) is 2.82. The summed E-state index contributed by atoms with van der Waals surface area (Å²) in [6.45, 7) is 9.55. The zero-order valence-corrected chi connectivity index (χ0v) is 6.93. The fourth-order valence-corrected chi connectivity index (χ4v) is 0.775. The van der Waals surface area contributed by atoms with Crippen molar-refractivity contribution >= 4 is 0 Å². The largest absolute Gasteiger partial charge is 0.785 e.